The normalized spacial score (nSPS) is 11.0. The van der Waals surface area contributed by atoms with E-state index in [0.717, 1.165) is 16.7 Å². The molecule has 0 saturated carbocycles. The van der Waals surface area contributed by atoms with Crippen molar-refractivity contribution in [2.75, 3.05) is 6.54 Å². The van der Waals surface area contributed by atoms with E-state index in [-0.39, 0.29) is 18.0 Å². The van der Waals surface area contributed by atoms with Crippen LogP contribution in [-0.2, 0) is 16.6 Å². The maximum absolute atomic E-state index is 12.2. The van der Waals surface area contributed by atoms with Gasteiger partial charge < -0.3 is 5.73 Å². The molecule has 2 aromatic rings. The molecule has 110 valence electrons. The Morgan fingerprint density at radius 1 is 1.43 bits per heavy atom. The Balaban J connectivity index is 2.18. The second-order valence-electron chi connectivity index (χ2n) is 4.41. The topological polar surface area (TPSA) is 101 Å². The number of nitrogens with two attached hydrogens (primary N) is 1. The Morgan fingerprint density at radius 2 is 2.24 bits per heavy atom. The number of aromatic amines is 1. The summed E-state index contributed by atoms with van der Waals surface area (Å²) in [7, 11) is -3.56. The molecular weight excluding hydrogens is 288 g/mol. The molecule has 1 heterocycles. The summed E-state index contributed by atoms with van der Waals surface area (Å²) < 4.78 is 26.9. The van der Waals surface area contributed by atoms with Gasteiger partial charge in [-0.2, -0.15) is 5.10 Å². The lowest BCUT2D eigenvalue weighted by molar-refractivity contribution is 0.581. The molecule has 6 nitrogen and oxygen atoms in total. The van der Waals surface area contributed by atoms with Crippen LogP contribution in [0.2, 0.25) is 0 Å². The summed E-state index contributed by atoms with van der Waals surface area (Å²) in [6.07, 6.45) is 3.21. The Labute approximate surface area is 123 Å². The van der Waals surface area contributed by atoms with Crippen molar-refractivity contribution in [1.29, 1.82) is 0 Å². The molecule has 0 fully saturated rings. The number of hydrogen-bond acceptors (Lipinski definition) is 4. The number of nitrogens with one attached hydrogen (secondary N) is 2. The van der Waals surface area contributed by atoms with Gasteiger partial charge in [0.2, 0.25) is 10.0 Å². The van der Waals surface area contributed by atoms with Crippen molar-refractivity contribution in [2.45, 2.75) is 18.4 Å². The second-order valence-corrected chi connectivity index (χ2v) is 6.18. The second kappa shape index (κ2) is 6.54. The first kappa shape index (κ1) is 15.3. The van der Waals surface area contributed by atoms with Crippen molar-refractivity contribution in [3.8, 4) is 11.8 Å². The minimum absolute atomic E-state index is 0.187. The molecular formula is C14H16N4O2S. The van der Waals surface area contributed by atoms with Crippen LogP contribution in [0.1, 0.15) is 16.7 Å². The van der Waals surface area contributed by atoms with Crippen LogP contribution in [0.5, 0.6) is 0 Å². The fourth-order valence-corrected chi connectivity index (χ4v) is 2.83. The minimum Gasteiger partial charge on any atom is -0.320 e. The molecule has 0 radical (unpaired) electrons. The van der Waals surface area contributed by atoms with E-state index in [1.807, 2.05) is 6.92 Å². The lowest BCUT2D eigenvalue weighted by Gasteiger charge is -2.07. The Bertz CT molecular complexity index is 771. The highest BCUT2D eigenvalue weighted by Gasteiger charge is 2.14. The number of hydrogen-bond donors (Lipinski definition) is 3. The highest BCUT2D eigenvalue weighted by molar-refractivity contribution is 7.89. The van der Waals surface area contributed by atoms with Crippen molar-refractivity contribution in [2.24, 2.45) is 5.73 Å². The van der Waals surface area contributed by atoms with Crippen LogP contribution in [0.15, 0.2) is 35.5 Å². The molecule has 4 N–H and O–H groups in total. The van der Waals surface area contributed by atoms with Crippen LogP contribution >= 0.6 is 0 Å². The molecule has 0 bridgehead atoms. The van der Waals surface area contributed by atoms with Gasteiger partial charge in [0.1, 0.15) is 0 Å². The monoisotopic (exact) mass is 304 g/mol. The summed E-state index contributed by atoms with van der Waals surface area (Å²) in [6, 6.07) is 4.81. The van der Waals surface area contributed by atoms with Gasteiger partial charge in [0, 0.05) is 23.9 Å². The van der Waals surface area contributed by atoms with Gasteiger partial charge in [0.25, 0.3) is 0 Å². The van der Waals surface area contributed by atoms with Crippen molar-refractivity contribution in [1.82, 2.24) is 14.9 Å². The van der Waals surface area contributed by atoms with E-state index >= 15 is 0 Å². The summed E-state index contributed by atoms with van der Waals surface area (Å²) in [5.74, 6) is 5.65. The highest BCUT2D eigenvalue weighted by atomic mass is 32.2. The zero-order chi connectivity index (χ0) is 15.3. The van der Waals surface area contributed by atoms with Crippen LogP contribution in [0.25, 0.3) is 0 Å². The first-order valence-electron chi connectivity index (χ1n) is 6.30. The van der Waals surface area contributed by atoms with Crippen molar-refractivity contribution in [3.05, 3.63) is 47.3 Å². The Kier molecular flexibility index (Phi) is 4.75. The van der Waals surface area contributed by atoms with Gasteiger partial charge in [-0.15, -0.1) is 0 Å². The van der Waals surface area contributed by atoms with Gasteiger partial charge in [-0.25, -0.2) is 13.1 Å². The molecule has 0 aliphatic rings. The molecule has 0 aliphatic carbocycles. The number of nitrogens with zero attached hydrogens (tertiary/aromatic N) is 1. The third-order valence-electron chi connectivity index (χ3n) is 2.85. The third kappa shape index (κ3) is 3.92. The maximum atomic E-state index is 12.2. The lowest BCUT2D eigenvalue weighted by Crippen LogP contribution is -2.23. The predicted molar refractivity (Wildman–Crippen MR) is 79.7 cm³/mol. The van der Waals surface area contributed by atoms with E-state index in [1.165, 1.54) is 6.07 Å². The Morgan fingerprint density at radius 3 is 2.86 bits per heavy atom. The van der Waals surface area contributed by atoms with Crippen LogP contribution in [0, 0.1) is 18.8 Å². The molecule has 0 amide bonds. The lowest BCUT2D eigenvalue weighted by atomic mass is 10.1. The zero-order valence-corrected chi connectivity index (χ0v) is 12.4. The number of H-pyrrole nitrogens is 1. The summed E-state index contributed by atoms with van der Waals surface area (Å²) in [5, 5.41) is 6.40. The van der Waals surface area contributed by atoms with Crippen LogP contribution in [-0.4, -0.2) is 25.2 Å². The minimum atomic E-state index is -3.56. The largest absolute Gasteiger partial charge is 0.320 e. The average molecular weight is 304 g/mol. The van der Waals surface area contributed by atoms with E-state index < -0.39 is 10.0 Å². The highest BCUT2D eigenvalue weighted by Crippen LogP contribution is 2.15. The van der Waals surface area contributed by atoms with Crippen LogP contribution in [0.3, 0.4) is 0 Å². The van der Waals surface area contributed by atoms with E-state index in [0.29, 0.717) is 0 Å². The predicted octanol–water partition coefficient (Wildman–Crippen LogP) is 0.507. The molecule has 7 heteroatoms. The van der Waals surface area contributed by atoms with Gasteiger partial charge in [-0.05, 0) is 30.7 Å². The molecule has 0 atom stereocenters. The number of aryl methyl sites for hydroxylation is 1. The van der Waals surface area contributed by atoms with Gasteiger partial charge in [0.05, 0.1) is 17.6 Å². The van der Waals surface area contributed by atoms with Gasteiger partial charge >= 0.3 is 0 Å². The van der Waals surface area contributed by atoms with Crippen molar-refractivity contribution in [3.63, 3.8) is 0 Å². The van der Waals surface area contributed by atoms with Crippen LogP contribution in [0.4, 0.5) is 0 Å². The summed E-state index contributed by atoms with van der Waals surface area (Å²) in [4.78, 5) is 0.210. The third-order valence-corrected chi connectivity index (χ3v) is 4.25. The molecule has 0 aliphatic heterocycles. The average Bonchev–Trinajstić information content (AvgIpc) is 2.97. The van der Waals surface area contributed by atoms with E-state index in [1.54, 1.807) is 24.5 Å². The quantitative estimate of drug-likeness (QED) is 0.716. The first-order valence-corrected chi connectivity index (χ1v) is 7.78. The van der Waals surface area contributed by atoms with Gasteiger partial charge in [-0.1, -0.05) is 11.8 Å². The number of sulfonamides is 1. The number of benzene rings is 1. The molecule has 1 aromatic heterocycles. The van der Waals surface area contributed by atoms with Crippen molar-refractivity contribution < 1.29 is 8.42 Å². The molecule has 0 spiro atoms. The SMILES string of the molecule is Cc1cc(S(=O)(=O)NCc2cn[nH]c2)ccc1C#CCN. The summed E-state index contributed by atoms with van der Waals surface area (Å²) in [6.45, 7) is 2.27. The summed E-state index contributed by atoms with van der Waals surface area (Å²) >= 11 is 0. The standard InChI is InChI=1S/C14H16N4O2S/c1-11-7-14(5-4-13(11)3-2-6-15)21(19,20)18-10-12-8-16-17-9-12/h4-5,7-9,18H,6,10,15H2,1H3,(H,16,17). The molecule has 2 rings (SSSR count). The molecule has 21 heavy (non-hydrogen) atoms. The molecule has 0 saturated heterocycles. The van der Waals surface area contributed by atoms with Crippen molar-refractivity contribution >= 4 is 10.0 Å². The van der Waals surface area contributed by atoms with E-state index in [9.17, 15) is 8.42 Å². The van der Waals surface area contributed by atoms with E-state index in [4.69, 9.17) is 5.73 Å². The summed E-state index contributed by atoms with van der Waals surface area (Å²) in [5.41, 5.74) is 7.66. The molecule has 0 unspecified atom stereocenters. The van der Waals surface area contributed by atoms with Gasteiger partial charge in [0.15, 0.2) is 0 Å². The smallest absolute Gasteiger partial charge is 0.240 e. The van der Waals surface area contributed by atoms with Gasteiger partial charge in [-0.3, -0.25) is 5.10 Å². The van der Waals surface area contributed by atoms with Crippen LogP contribution < -0.4 is 10.5 Å². The molecule has 1 aromatic carbocycles. The maximum Gasteiger partial charge on any atom is 0.240 e. The number of rotatable bonds is 4. The fraction of sp³-hybridized carbons (Fsp3) is 0.214. The first-order chi connectivity index (χ1) is 10.0. The van der Waals surface area contributed by atoms with E-state index in [2.05, 4.69) is 26.8 Å². The zero-order valence-electron chi connectivity index (χ0n) is 11.6. The Hall–Kier alpha value is -2.14. The fourth-order valence-electron chi connectivity index (χ4n) is 1.73. The number of aromatic nitrogens is 2.